The first kappa shape index (κ1) is 12.3. The van der Waals surface area contributed by atoms with Gasteiger partial charge in [-0.2, -0.15) is 0 Å². The molecule has 0 amide bonds. The molecule has 0 radical (unpaired) electrons. The Bertz CT molecular complexity index is 362. The van der Waals surface area contributed by atoms with Crippen molar-refractivity contribution in [1.29, 1.82) is 0 Å². The molecule has 0 aliphatic heterocycles. The van der Waals surface area contributed by atoms with Crippen LogP contribution in [0.25, 0.3) is 0 Å². The van der Waals surface area contributed by atoms with Crippen LogP contribution in [-0.4, -0.2) is 12.6 Å². The maximum absolute atomic E-state index is 3.47. The molecular weight excluding hydrogens is 250 g/mol. The van der Waals surface area contributed by atoms with Crippen molar-refractivity contribution in [2.75, 3.05) is 6.54 Å². The predicted octanol–water partition coefficient (Wildman–Crippen LogP) is 2.99. The number of rotatable bonds is 4. The zero-order chi connectivity index (χ0) is 11.1. The molecule has 15 heavy (non-hydrogen) atoms. The van der Waals surface area contributed by atoms with Crippen molar-refractivity contribution in [3.63, 3.8) is 0 Å². The molecule has 0 aromatic heterocycles. The molecule has 0 saturated carbocycles. The highest BCUT2D eigenvalue weighted by atomic mass is 79.9. The van der Waals surface area contributed by atoms with Gasteiger partial charge in [0.25, 0.3) is 0 Å². The van der Waals surface area contributed by atoms with E-state index >= 15 is 0 Å². The average molecular weight is 266 g/mol. The van der Waals surface area contributed by atoms with Gasteiger partial charge in [0.1, 0.15) is 0 Å². The molecule has 0 saturated heterocycles. The Kier molecular flexibility index (Phi) is 5.45. The van der Waals surface area contributed by atoms with E-state index in [0.29, 0.717) is 6.04 Å². The molecule has 1 nitrogen and oxygen atoms in total. The summed E-state index contributed by atoms with van der Waals surface area (Å²) in [6.07, 6.45) is 1.03. The van der Waals surface area contributed by atoms with E-state index < -0.39 is 0 Å². The van der Waals surface area contributed by atoms with Gasteiger partial charge in [0, 0.05) is 10.5 Å². The molecule has 2 heteroatoms. The van der Waals surface area contributed by atoms with E-state index in [4.69, 9.17) is 0 Å². The van der Waals surface area contributed by atoms with Crippen LogP contribution in [0.1, 0.15) is 19.4 Å². The highest BCUT2D eigenvalue weighted by molar-refractivity contribution is 9.10. The highest BCUT2D eigenvalue weighted by Crippen LogP contribution is 2.12. The lowest BCUT2D eigenvalue weighted by Crippen LogP contribution is -2.28. The van der Waals surface area contributed by atoms with Crippen LogP contribution in [0.15, 0.2) is 28.7 Å². The summed E-state index contributed by atoms with van der Waals surface area (Å²) in [5.41, 5.74) is 1.34. The molecule has 0 aliphatic carbocycles. The predicted molar refractivity (Wildman–Crippen MR) is 68.8 cm³/mol. The Hall–Kier alpha value is -0.780. The molecule has 1 unspecified atom stereocenters. The Morgan fingerprint density at radius 1 is 1.47 bits per heavy atom. The number of benzene rings is 1. The fraction of sp³-hybridized carbons (Fsp3) is 0.385. The van der Waals surface area contributed by atoms with Crippen molar-refractivity contribution in [3.05, 3.63) is 34.3 Å². The molecule has 0 fully saturated rings. The quantitative estimate of drug-likeness (QED) is 0.826. The first-order valence-corrected chi connectivity index (χ1v) is 5.89. The lowest BCUT2D eigenvalue weighted by Gasteiger charge is -2.11. The standard InChI is InChI=1S/C13H16BrN/c1-3-4-8-15-11(2)9-12-6-5-7-13(14)10-12/h5-7,10-11,15H,8-9H2,1-2H3. The normalized spacial score (nSPS) is 11.7. The van der Waals surface area contributed by atoms with Crippen molar-refractivity contribution in [2.45, 2.75) is 26.3 Å². The minimum absolute atomic E-state index is 0.458. The van der Waals surface area contributed by atoms with Gasteiger partial charge in [-0.3, -0.25) is 0 Å². The van der Waals surface area contributed by atoms with Gasteiger partial charge in [0.15, 0.2) is 0 Å². The van der Waals surface area contributed by atoms with Crippen molar-refractivity contribution in [2.24, 2.45) is 0 Å². The van der Waals surface area contributed by atoms with Gasteiger partial charge >= 0.3 is 0 Å². The Morgan fingerprint density at radius 3 is 2.93 bits per heavy atom. The third kappa shape index (κ3) is 5.01. The second-order valence-corrected chi connectivity index (χ2v) is 4.46. The average Bonchev–Trinajstić information content (AvgIpc) is 2.18. The van der Waals surface area contributed by atoms with Gasteiger partial charge in [0.2, 0.25) is 0 Å². The zero-order valence-corrected chi connectivity index (χ0v) is 10.8. The summed E-state index contributed by atoms with van der Waals surface area (Å²) in [4.78, 5) is 0. The van der Waals surface area contributed by atoms with E-state index in [2.05, 4.69) is 58.2 Å². The molecule has 1 N–H and O–H groups in total. The molecule has 80 valence electrons. The van der Waals surface area contributed by atoms with E-state index in [1.165, 1.54) is 5.56 Å². The lowest BCUT2D eigenvalue weighted by molar-refractivity contribution is 0.585. The number of hydrogen-bond donors (Lipinski definition) is 1. The number of halogens is 1. The third-order valence-electron chi connectivity index (χ3n) is 2.15. The lowest BCUT2D eigenvalue weighted by atomic mass is 10.1. The van der Waals surface area contributed by atoms with E-state index in [0.717, 1.165) is 17.4 Å². The van der Waals surface area contributed by atoms with Crippen LogP contribution < -0.4 is 5.32 Å². The van der Waals surface area contributed by atoms with Gasteiger partial charge in [-0.15, -0.1) is 5.92 Å². The van der Waals surface area contributed by atoms with Crippen molar-refractivity contribution in [1.82, 2.24) is 5.32 Å². The fourth-order valence-electron chi connectivity index (χ4n) is 1.40. The van der Waals surface area contributed by atoms with Gasteiger partial charge in [0.05, 0.1) is 6.54 Å². The SMILES string of the molecule is CC#CCNC(C)Cc1cccc(Br)c1. The summed E-state index contributed by atoms with van der Waals surface area (Å²) < 4.78 is 1.14. The summed E-state index contributed by atoms with van der Waals surface area (Å²) in [6, 6.07) is 8.88. The topological polar surface area (TPSA) is 12.0 Å². The van der Waals surface area contributed by atoms with Crippen LogP contribution in [0.2, 0.25) is 0 Å². The summed E-state index contributed by atoms with van der Waals surface area (Å²) in [6.45, 7) is 4.81. The van der Waals surface area contributed by atoms with Gasteiger partial charge in [-0.25, -0.2) is 0 Å². The van der Waals surface area contributed by atoms with Crippen LogP contribution >= 0.6 is 15.9 Å². The van der Waals surface area contributed by atoms with Gasteiger partial charge in [-0.1, -0.05) is 34.0 Å². The Labute approximate surface area is 100 Å². The summed E-state index contributed by atoms with van der Waals surface area (Å²) in [5.74, 6) is 5.88. The smallest absolute Gasteiger partial charge is 0.0578 e. The van der Waals surface area contributed by atoms with E-state index in [9.17, 15) is 0 Å². The molecular formula is C13H16BrN. The molecule has 1 aromatic carbocycles. The first-order chi connectivity index (χ1) is 7.22. The minimum Gasteiger partial charge on any atom is -0.303 e. The van der Waals surface area contributed by atoms with Crippen LogP contribution in [-0.2, 0) is 6.42 Å². The zero-order valence-electron chi connectivity index (χ0n) is 9.18. The summed E-state index contributed by atoms with van der Waals surface area (Å²) >= 11 is 3.47. The molecule has 0 spiro atoms. The molecule has 0 bridgehead atoms. The van der Waals surface area contributed by atoms with Crippen molar-refractivity contribution in [3.8, 4) is 11.8 Å². The van der Waals surface area contributed by atoms with E-state index in [-0.39, 0.29) is 0 Å². The fourth-order valence-corrected chi connectivity index (χ4v) is 1.85. The Balaban J connectivity index is 2.42. The van der Waals surface area contributed by atoms with Crippen LogP contribution in [0, 0.1) is 11.8 Å². The Morgan fingerprint density at radius 2 is 2.27 bits per heavy atom. The molecule has 0 aliphatic rings. The maximum atomic E-state index is 3.47. The third-order valence-corrected chi connectivity index (χ3v) is 2.64. The van der Waals surface area contributed by atoms with Gasteiger partial charge in [-0.05, 0) is 38.0 Å². The minimum atomic E-state index is 0.458. The second-order valence-electron chi connectivity index (χ2n) is 3.54. The van der Waals surface area contributed by atoms with Crippen molar-refractivity contribution >= 4 is 15.9 Å². The monoisotopic (exact) mass is 265 g/mol. The van der Waals surface area contributed by atoms with Crippen LogP contribution in [0.5, 0.6) is 0 Å². The number of nitrogens with one attached hydrogen (secondary N) is 1. The number of hydrogen-bond acceptors (Lipinski definition) is 1. The largest absolute Gasteiger partial charge is 0.303 e. The first-order valence-electron chi connectivity index (χ1n) is 5.10. The van der Waals surface area contributed by atoms with Crippen molar-refractivity contribution < 1.29 is 0 Å². The molecule has 1 rings (SSSR count). The van der Waals surface area contributed by atoms with E-state index in [1.807, 2.05) is 13.0 Å². The summed E-state index contributed by atoms with van der Waals surface area (Å²) in [7, 11) is 0. The summed E-state index contributed by atoms with van der Waals surface area (Å²) in [5, 5.41) is 3.36. The van der Waals surface area contributed by atoms with Gasteiger partial charge < -0.3 is 5.32 Å². The van der Waals surface area contributed by atoms with Crippen LogP contribution in [0.3, 0.4) is 0 Å². The van der Waals surface area contributed by atoms with E-state index in [1.54, 1.807) is 0 Å². The maximum Gasteiger partial charge on any atom is 0.0578 e. The highest BCUT2D eigenvalue weighted by Gasteiger charge is 2.01. The molecule has 1 aromatic rings. The molecule has 0 heterocycles. The van der Waals surface area contributed by atoms with Crippen LogP contribution in [0.4, 0.5) is 0 Å². The molecule has 1 atom stereocenters. The second kappa shape index (κ2) is 6.66.